The molecule has 3 rings (SSSR count). The molecule has 0 radical (unpaired) electrons. The van der Waals surface area contributed by atoms with Crippen LogP contribution >= 0.6 is 0 Å². The molecule has 0 aliphatic carbocycles. The number of nitrogens with zero attached hydrogens (tertiary/aromatic N) is 1. The highest BCUT2D eigenvalue weighted by molar-refractivity contribution is 5.94. The van der Waals surface area contributed by atoms with Gasteiger partial charge in [-0.2, -0.15) is 4.99 Å². The van der Waals surface area contributed by atoms with E-state index >= 15 is 0 Å². The lowest BCUT2D eigenvalue weighted by molar-refractivity contribution is -0.679. The third kappa shape index (κ3) is 1.15. The molecular formula is C11H10N3O2+. The summed E-state index contributed by atoms with van der Waals surface area (Å²) in [5, 5.41) is 0. The number of primary amides is 1. The number of nitrogens with one attached hydrogen (secondary N) is 1. The number of hydrogen-bond acceptors (Lipinski definition) is 3. The Bertz CT molecular complexity index is 534. The first-order valence-corrected chi connectivity index (χ1v) is 4.94. The molecule has 0 bridgehead atoms. The van der Waals surface area contributed by atoms with Gasteiger partial charge in [-0.1, -0.05) is 12.1 Å². The molecule has 0 saturated heterocycles. The SMILES string of the molecule is NC(=O)C1=C2COc3ccccc3[NH+]2C=N1. The summed E-state index contributed by atoms with van der Waals surface area (Å²) in [5.41, 5.74) is 7.30. The molecule has 0 aromatic heterocycles. The Labute approximate surface area is 91.8 Å². The minimum absolute atomic E-state index is 0.310. The minimum Gasteiger partial charge on any atom is -0.477 e. The van der Waals surface area contributed by atoms with Crippen molar-refractivity contribution in [2.24, 2.45) is 10.7 Å². The van der Waals surface area contributed by atoms with Gasteiger partial charge in [-0.25, -0.2) is 4.90 Å². The lowest BCUT2D eigenvalue weighted by Crippen LogP contribution is -3.04. The maximum absolute atomic E-state index is 11.2. The maximum atomic E-state index is 11.2. The molecule has 1 atom stereocenters. The van der Waals surface area contributed by atoms with E-state index in [0.717, 1.165) is 22.0 Å². The number of ether oxygens (including phenoxy) is 1. The zero-order valence-electron chi connectivity index (χ0n) is 8.43. The van der Waals surface area contributed by atoms with Gasteiger partial charge < -0.3 is 10.5 Å². The second kappa shape index (κ2) is 3.18. The van der Waals surface area contributed by atoms with Crippen LogP contribution in [0.3, 0.4) is 0 Å². The smallest absolute Gasteiger partial charge is 0.273 e. The van der Waals surface area contributed by atoms with Crippen LogP contribution in [0, 0.1) is 0 Å². The molecule has 0 spiro atoms. The second-order valence-electron chi connectivity index (χ2n) is 3.65. The second-order valence-corrected chi connectivity index (χ2v) is 3.65. The van der Waals surface area contributed by atoms with E-state index in [-0.39, 0.29) is 0 Å². The molecular weight excluding hydrogens is 206 g/mol. The van der Waals surface area contributed by atoms with Crippen molar-refractivity contribution in [3.8, 4) is 5.75 Å². The standard InChI is InChI=1S/C11H9N3O2/c12-11(15)10-8-5-16-9-4-2-1-3-7(9)14(8)6-13-10/h1-4,6H,5H2,(H2,12,15)/p+1. The lowest BCUT2D eigenvalue weighted by Gasteiger charge is -2.21. The van der Waals surface area contributed by atoms with E-state index in [1.54, 1.807) is 6.34 Å². The van der Waals surface area contributed by atoms with Gasteiger partial charge in [0.05, 0.1) is 0 Å². The Hall–Kier alpha value is -2.14. The van der Waals surface area contributed by atoms with Gasteiger partial charge in [0.15, 0.2) is 35.8 Å². The molecule has 1 unspecified atom stereocenters. The summed E-state index contributed by atoms with van der Waals surface area (Å²) in [6.45, 7) is 0.352. The van der Waals surface area contributed by atoms with Gasteiger partial charge in [0.1, 0.15) is 0 Å². The summed E-state index contributed by atoms with van der Waals surface area (Å²) >= 11 is 0. The first-order valence-electron chi connectivity index (χ1n) is 4.94. The van der Waals surface area contributed by atoms with Gasteiger partial charge in [0.25, 0.3) is 5.91 Å². The van der Waals surface area contributed by atoms with Crippen LogP contribution in [0.4, 0.5) is 5.69 Å². The fourth-order valence-corrected chi connectivity index (χ4v) is 1.97. The van der Waals surface area contributed by atoms with E-state index in [4.69, 9.17) is 10.5 Å². The topological polar surface area (TPSA) is 69.1 Å². The third-order valence-electron chi connectivity index (χ3n) is 2.72. The van der Waals surface area contributed by atoms with E-state index in [2.05, 4.69) is 4.99 Å². The fraction of sp³-hybridized carbons (Fsp3) is 0.0909. The van der Waals surface area contributed by atoms with Gasteiger partial charge >= 0.3 is 0 Å². The highest BCUT2D eigenvalue weighted by Crippen LogP contribution is 2.25. The molecule has 5 nitrogen and oxygen atoms in total. The average Bonchev–Trinajstić information content (AvgIpc) is 2.73. The predicted octanol–water partition coefficient (Wildman–Crippen LogP) is -0.666. The van der Waals surface area contributed by atoms with Gasteiger partial charge in [0, 0.05) is 6.07 Å². The molecule has 16 heavy (non-hydrogen) atoms. The molecule has 2 aliphatic heterocycles. The number of carbonyl (C=O) groups excluding carboxylic acids is 1. The van der Waals surface area contributed by atoms with Gasteiger partial charge in [-0.3, -0.25) is 4.79 Å². The van der Waals surface area contributed by atoms with Gasteiger partial charge in [-0.05, 0) is 6.07 Å². The van der Waals surface area contributed by atoms with Gasteiger partial charge in [0.2, 0.25) is 0 Å². The number of carbonyl (C=O) groups is 1. The molecule has 0 saturated carbocycles. The largest absolute Gasteiger partial charge is 0.477 e. The van der Waals surface area contributed by atoms with Crippen LogP contribution in [0.1, 0.15) is 0 Å². The molecule has 1 amide bonds. The molecule has 80 valence electrons. The average molecular weight is 216 g/mol. The first-order chi connectivity index (χ1) is 7.77. The van der Waals surface area contributed by atoms with Crippen LogP contribution in [0.5, 0.6) is 5.75 Å². The Balaban J connectivity index is 2.13. The number of fused-ring (bicyclic) bond motifs is 3. The number of quaternary nitrogens is 1. The first kappa shape index (κ1) is 9.11. The summed E-state index contributed by atoms with van der Waals surface area (Å²) < 4.78 is 5.55. The quantitative estimate of drug-likeness (QED) is 0.654. The van der Waals surface area contributed by atoms with Crippen molar-refractivity contribution in [2.45, 2.75) is 0 Å². The Kier molecular flexibility index (Phi) is 1.81. The van der Waals surface area contributed by atoms with Gasteiger partial charge in [-0.15, -0.1) is 0 Å². The number of nitrogens with two attached hydrogens (primary N) is 1. The number of rotatable bonds is 1. The molecule has 3 N–H and O–H groups in total. The zero-order valence-corrected chi connectivity index (χ0v) is 8.43. The van der Waals surface area contributed by atoms with Crippen molar-refractivity contribution in [2.75, 3.05) is 6.61 Å². The van der Waals surface area contributed by atoms with Crippen molar-refractivity contribution in [1.29, 1.82) is 0 Å². The molecule has 0 fully saturated rings. The predicted molar refractivity (Wildman–Crippen MR) is 57.3 cm³/mol. The normalized spacial score (nSPS) is 21.4. The van der Waals surface area contributed by atoms with E-state index in [1.807, 2.05) is 24.3 Å². The van der Waals surface area contributed by atoms with Crippen LogP contribution in [0.15, 0.2) is 40.7 Å². The number of para-hydroxylation sites is 2. The van der Waals surface area contributed by atoms with Crippen LogP contribution in [0.25, 0.3) is 0 Å². The summed E-state index contributed by atoms with van der Waals surface area (Å²) in [6.07, 6.45) is 1.68. The minimum atomic E-state index is -0.510. The number of hydrogen-bond donors (Lipinski definition) is 2. The molecule has 5 heteroatoms. The van der Waals surface area contributed by atoms with Crippen molar-refractivity contribution in [3.05, 3.63) is 35.7 Å². The maximum Gasteiger partial charge on any atom is 0.273 e. The Morgan fingerprint density at radius 3 is 3.06 bits per heavy atom. The van der Waals surface area contributed by atoms with E-state index < -0.39 is 5.91 Å². The molecule has 2 aliphatic rings. The van der Waals surface area contributed by atoms with Crippen molar-refractivity contribution < 1.29 is 14.4 Å². The van der Waals surface area contributed by atoms with Crippen molar-refractivity contribution in [3.63, 3.8) is 0 Å². The Morgan fingerprint density at radius 2 is 2.25 bits per heavy atom. The van der Waals surface area contributed by atoms with Crippen LogP contribution < -0.4 is 15.4 Å². The molecule has 1 aromatic rings. The van der Waals surface area contributed by atoms with Crippen molar-refractivity contribution in [1.82, 2.24) is 0 Å². The van der Waals surface area contributed by atoms with E-state index in [1.165, 1.54) is 0 Å². The number of amides is 1. The van der Waals surface area contributed by atoms with Crippen molar-refractivity contribution >= 4 is 17.9 Å². The number of benzene rings is 1. The van der Waals surface area contributed by atoms with E-state index in [9.17, 15) is 4.79 Å². The van der Waals surface area contributed by atoms with Crippen LogP contribution in [0.2, 0.25) is 0 Å². The highest BCUT2D eigenvalue weighted by atomic mass is 16.5. The summed E-state index contributed by atoms with van der Waals surface area (Å²) in [6, 6.07) is 7.68. The van der Waals surface area contributed by atoms with E-state index in [0.29, 0.717) is 12.3 Å². The third-order valence-corrected chi connectivity index (χ3v) is 2.72. The monoisotopic (exact) mass is 216 g/mol. The highest BCUT2D eigenvalue weighted by Gasteiger charge is 2.35. The molecule has 1 aromatic carbocycles. The summed E-state index contributed by atoms with van der Waals surface area (Å²) in [4.78, 5) is 16.1. The van der Waals surface area contributed by atoms with Crippen LogP contribution in [-0.2, 0) is 4.79 Å². The summed E-state index contributed by atoms with van der Waals surface area (Å²) in [5.74, 6) is 0.308. The lowest BCUT2D eigenvalue weighted by atomic mass is 10.2. The number of aliphatic imine (C=N–C) groups is 1. The molecule has 2 heterocycles. The fourth-order valence-electron chi connectivity index (χ4n) is 1.97. The Morgan fingerprint density at radius 1 is 1.44 bits per heavy atom. The summed E-state index contributed by atoms with van der Waals surface area (Å²) in [7, 11) is 0. The zero-order chi connectivity index (χ0) is 11.1. The van der Waals surface area contributed by atoms with Crippen LogP contribution in [-0.4, -0.2) is 18.9 Å².